The van der Waals surface area contributed by atoms with Gasteiger partial charge < -0.3 is 37.2 Å². The third kappa shape index (κ3) is 5.94. The lowest BCUT2D eigenvalue weighted by Gasteiger charge is -2.27. The Morgan fingerprint density at radius 1 is 1.04 bits per heavy atom. The van der Waals surface area contributed by atoms with Crippen LogP contribution in [0.4, 0.5) is 23.1 Å². The fraction of sp³-hybridized carbons (Fsp3) is 0.242. The second-order valence-electron chi connectivity index (χ2n) is 11.5. The molecule has 1 aliphatic carbocycles. The summed E-state index contributed by atoms with van der Waals surface area (Å²) in [7, 11) is 0. The zero-order chi connectivity index (χ0) is 32.5. The van der Waals surface area contributed by atoms with E-state index in [1.165, 1.54) is 0 Å². The number of carbonyl (C=O) groups excluding carboxylic acids is 1. The molecule has 13 nitrogen and oxygen atoms in total. The number of aliphatic carboxylic acids is 2. The smallest absolute Gasteiger partial charge is 0.326 e. The van der Waals surface area contributed by atoms with Crippen LogP contribution in [0.1, 0.15) is 45.0 Å². The van der Waals surface area contributed by atoms with Crippen molar-refractivity contribution < 1.29 is 24.6 Å². The van der Waals surface area contributed by atoms with Gasteiger partial charge in [0.1, 0.15) is 11.7 Å². The summed E-state index contributed by atoms with van der Waals surface area (Å²) in [6.45, 7) is 2.94. The number of carbonyl (C=O) groups is 3. The Morgan fingerprint density at radius 2 is 1.80 bits per heavy atom. The maximum Gasteiger partial charge on any atom is 0.326 e. The van der Waals surface area contributed by atoms with Crippen molar-refractivity contribution in [1.29, 1.82) is 0 Å². The van der Waals surface area contributed by atoms with Crippen LogP contribution in [0.25, 0.3) is 11.1 Å². The van der Waals surface area contributed by atoms with Gasteiger partial charge in [0.05, 0.1) is 12.0 Å². The van der Waals surface area contributed by atoms with Gasteiger partial charge in [0.25, 0.3) is 11.5 Å². The van der Waals surface area contributed by atoms with E-state index in [4.69, 9.17) is 5.73 Å². The van der Waals surface area contributed by atoms with Crippen LogP contribution in [0.3, 0.4) is 0 Å². The molecule has 3 atom stereocenters. The number of anilines is 4. The monoisotopic (exact) mass is 623 g/mol. The van der Waals surface area contributed by atoms with E-state index >= 15 is 0 Å². The molecule has 0 fully saturated rings. The summed E-state index contributed by atoms with van der Waals surface area (Å²) in [4.78, 5) is 56.6. The number of fused-ring (bicyclic) bond motifs is 4. The first-order chi connectivity index (χ1) is 22.1. The molecule has 2 aliphatic rings. The highest BCUT2D eigenvalue weighted by atomic mass is 16.4. The van der Waals surface area contributed by atoms with Gasteiger partial charge >= 0.3 is 11.9 Å². The predicted molar refractivity (Wildman–Crippen MR) is 173 cm³/mol. The van der Waals surface area contributed by atoms with Gasteiger partial charge in [-0.1, -0.05) is 36.4 Å². The number of hydrogen-bond donors (Lipinski definition) is 8. The van der Waals surface area contributed by atoms with E-state index in [1.54, 1.807) is 36.4 Å². The Morgan fingerprint density at radius 3 is 2.54 bits per heavy atom. The Bertz CT molecular complexity index is 1910. The number of carboxylic acid groups (broad SMARTS) is 2. The maximum atomic E-state index is 13.1. The molecule has 3 aromatic carbocycles. The fourth-order valence-corrected chi connectivity index (χ4v) is 6.21. The number of nitrogens with zero attached hydrogens (tertiary/aromatic N) is 1. The highest BCUT2D eigenvalue weighted by Gasteiger charge is 2.33. The Labute approximate surface area is 263 Å². The number of rotatable bonds is 10. The van der Waals surface area contributed by atoms with Gasteiger partial charge in [-0.05, 0) is 77.4 Å². The van der Waals surface area contributed by atoms with Crippen LogP contribution >= 0.6 is 0 Å². The lowest BCUT2D eigenvalue weighted by molar-refractivity contribution is -0.141. The number of nitrogens with one attached hydrogen (secondary N) is 5. The molecule has 13 heteroatoms. The van der Waals surface area contributed by atoms with Crippen molar-refractivity contribution in [1.82, 2.24) is 15.3 Å². The summed E-state index contributed by atoms with van der Waals surface area (Å²) >= 11 is 0. The number of H-pyrrole nitrogens is 1. The summed E-state index contributed by atoms with van der Waals surface area (Å²) < 4.78 is 0. The van der Waals surface area contributed by atoms with E-state index in [9.17, 15) is 29.4 Å². The number of nitrogens with two attached hydrogens (primary N) is 1. The minimum atomic E-state index is -1.44. The minimum Gasteiger partial charge on any atom is -0.481 e. The second-order valence-corrected chi connectivity index (χ2v) is 11.5. The highest BCUT2D eigenvalue weighted by molar-refractivity contribution is 5.97. The number of hydrogen-bond acceptors (Lipinski definition) is 9. The molecule has 0 saturated carbocycles. The molecule has 4 aromatic rings. The number of aromatic nitrogens is 2. The van der Waals surface area contributed by atoms with E-state index in [1.807, 2.05) is 31.2 Å². The van der Waals surface area contributed by atoms with E-state index in [0.29, 0.717) is 42.3 Å². The van der Waals surface area contributed by atoms with E-state index in [0.717, 1.165) is 27.8 Å². The number of amides is 1. The highest BCUT2D eigenvalue weighted by Crippen LogP contribution is 2.42. The molecule has 1 aromatic heterocycles. The van der Waals surface area contributed by atoms with Crippen LogP contribution in [0.2, 0.25) is 0 Å². The Kier molecular flexibility index (Phi) is 8.05. The predicted octanol–water partition coefficient (Wildman–Crippen LogP) is 2.99. The summed E-state index contributed by atoms with van der Waals surface area (Å²) in [5, 5.41) is 32.2. The zero-order valence-corrected chi connectivity index (χ0v) is 24.9. The third-order valence-corrected chi connectivity index (χ3v) is 8.46. The van der Waals surface area contributed by atoms with E-state index < -0.39 is 29.8 Å². The van der Waals surface area contributed by atoms with E-state index in [2.05, 4.69) is 31.2 Å². The normalized spacial score (nSPS) is 15.6. The molecular weight excluding hydrogens is 590 g/mol. The average molecular weight is 624 g/mol. The van der Waals surface area contributed by atoms with Crippen molar-refractivity contribution in [2.75, 3.05) is 34.8 Å². The molecule has 0 spiro atoms. The molecule has 9 N–H and O–H groups in total. The van der Waals surface area contributed by atoms with Crippen molar-refractivity contribution >= 4 is 41.0 Å². The summed E-state index contributed by atoms with van der Waals surface area (Å²) in [6.07, 6.45) is 0.236. The molecule has 2 heterocycles. The first-order valence-corrected chi connectivity index (χ1v) is 14.8. The number of nitrogen functional groups attached to an aromatic ring is 1. The molecule has 0 saturated heterocycles. The van der Waals surface area contributed by atoms with Gasteiger partial charge in [0.15, 0.2) is 5.82 Å². The van der Waals surface area contributed by atoms with Crippen molar-refractivity contribution in [3.8, 4) is 11.1 Å². The largest absolute Gasteiger partial charge is 0.481 e. The molecule has 6 rings (SSSR count). The first kappa shape index (κ1) is 30.2. The number of aromatic amines is 1. The van der Waals surface area contributed by atoms with Crippen LogP contribution < -0.4 is 32.6 Å². The van der Waals surface area contributed by atoms with E-state index in [-0.39, 0.29) is 29.5 Å². The zero-order valence-electron chi connectivity index (χ0n) is 24.9. The van der Waals surface area contributed by atoms with Crippen LogP contribution in [0, 0.1) is 6.92 Å². The molecular formula is C33H33N7O6. The molecule has 236 valence electrons. The van der Waals surface area contributed by atoms with Gasteiger partial charge in [-0.3, -0.25) is 19.4 Å². The maximum absolute atomic E-state index is 13.1. The van der Waals surface area contributed by atoms with Gasteiger partial charge in [-0.25, -0.2) is 4.79 Å². The summed E-state index contributed by atoms with van der Waals surface area (Å²) in [6, 6.07) is 16.4. The molecule has 2 unspecified atom stereocenters. The van der Waals surface area contributed by atoms with Gasteiger partial charge in [0.2, 0.25) is 5.95 Å². The van der Waals surface area contributed by atoms with Gasteiger partial charge in [0, 0.05) is 24.3 Å². The van der Waals surface area contributed by atoms with Crippen LogP contribution in [-0.4, -0.2) is 63.2 Å². The third-order valence-electron chi connectivity index (χ3n) is 8.46. The summed E-state index contributed by atoms with van der Waals surface area (Å²) in [5.41, 5.74) is 12.1. The van der Waals surface area contributed by atoms with Gasteiger partial charge in [-0.2, -0.15) is 4.98 Å². The number of carboxylic acids is 2. The number of aryl methyl sites for hydroxylation is 1. The average Bonchev–Trinajstić information content (AvgIpc) is 3.42. The molecule has 46 heavy (non-hydrogen) atoms. The molecule has 1 aliphatic heterocycles. The lowest BCUT2D eigenvalue weighted by Crippen LogP contribution is -2.42. The van der Waals surface area contributed by atoms with Crippen molar-refractivity contribution in [3.05, 3.63) is 98.8 Å². The van der Waals surface area contributed by atoms with Crippen LogP contribution in [-0.2, 0) is 16.0 Å². The standard InChI is InChI=1S/C33H33N7O6/c1-16-4-2-5-18-12-23-21(6-3-7-22(23)26(16)18)24(31(43)44)13-25(32(45)46)38-29(41)17-8-10-19(11-9-17)35-14-20-15-36-28-27(37-20)30(42)40-33(34)39-28/h2-11,20,24-25,35,37H,12-15H2,1H3,(H,38,41)(H,43,44)(H,45,46)(H4,34,36,39,40,42)/t20?,24?,25-/m0/s1. The Balaban J connectivity index is 1.11. The van der Waals surface area contributed by atoms with Crippen LogP contribution in [0.5, 0.6) is 0 Å². The second kappa shape index (κ2) is 12.3. The summed E-state index contributed by atoms with van der Waals surface area (Å²) in [5.74, 6) is -3.85. The number of benzene rings is 3. The first-order valence-electron chi connectivity index (χ1n) is 14.8. The van der Waals surface area contributed by atoms with Crippen molar-refractivity contribution in [2.24, 2.45) is 0 Å². The molecule has 1 amide bonds. The van der Waals surface area contributed by atoms with Crippen molar-refractivity contribution in [2.45, 2.75) is 37.8 Å². The lowest BCUT2D eigenvalue weighted by atomic mass is 9.86. The quantitative estimate of drug-likeness (QED) is 0.113. The van der Waals surface area contributed by atoms with Crippen molar-refractivity contribution in [3.63, 3.8) is 0 Å². The Hall–Kier alpha value is -5.85. The topological polar surface area (TPSA) is 212 Å². The SMILES string of the molecule is Cc1cccc2c1-c1cccc(C(C[C@H](NC(=O)c3ccc(NCC4CNc5nc(N)[nH]c(=O)c5N4)cc3)C(=O)O)C(=O)O)c1C2. The van der Waals surface area contributed by atoms with Gasteiger partial charge in [-0.15, -0.1) is 0 Å². The molecule has 0 bridgehead atoms. The minimum absolute atomic E-state index is 0.0240. The molecule has 0 radical (unpaired) electrons. The van der Waals surface area contributed by atoms with Crippen LogP contribution in [0.15, 0.2) is 65.5 Å². The fourth-order valence-electron chi connectivity index (χ4n) is 6.21.